The summed E-state index contributed by atoms with van der Waals surface area (Å²) in [5.74, 6) is 0.909. The lowest BCUT2D eigenvalue weighted by atomic mass is 10.7. The lowest BCUT2D eigenvalue weighted by Crippen LogP contribution is -2.00. The number of rotatable bonds is 2. The molecular weight excluding hydrogens is 132 g/mol. The van der Waals surface area contributed by atoms with Crippen LogP contribution in [0.5, 0.6) is 0 Å². The number of hydrogen-bond acceptors (Lipinski definition) is 4. The van der Waals surface area contributed by atoms with Crippen molar-refractivity contribution in [3.05, 3.63) is 5.82 Å². The molecule has 5 heteroatoms. The molecule has 0 aliphatic rings. The summed E-state index contributed by atoms with van der Waals surface area (Å²) in [4.78, 5) is 10.2. The Bertz CT molecular complexity index is 242. The van der Waals surface area contributed by atoms with Crippen LogP contribution in [0.15, 0.2) is 0 Å². The molecule has 0 radical (unpaired) electrons. The number of aldehydes is 1. The van der Waals surface area contributed by atoms with Crippen LogP contribution in [0, 0.1) is 0 Å². The lowest BCUT2D eigenvalue weighted by Gasteiger charge is -1.96. The maximum Gasteiger partial charge on any atom is 0.224 e. The summed E-state index contributed by atoms with van der Waals surface area (Å²) in [6.45, 7) is 0. The fraction of sp³-hybridized carbons (Fsp3) is 0.400. The Hall–Kier alpha value is -1.39. The molecule has 0 aliphatic carbocycles. The van der Waals surface area contributed by atoms with Crippen molar-refractivity contribution in [1.82, 2.24) is 14.8 Å². The maximum atomic E-state index is 10.2. The first-order chi connectivity index (χ1) is 4.79. The van der Waals surface area contributed by atoms with Crippen molar-refractivity contribution < 1.29 is 4.79 Å². The minimum absolute atomic E-state index is 0.323. The van der Waals surface area contributed by atoms with E-state index in [4.69, 9.17) is 0 Å². The molecule has 5 nitrogen and oxygen atoms in total. The van der Waals surface area contributed by atoms with E-state index in [0.29, 0.717) is 18.1 Å². The zero-order valence-electron chi connectivity index (χ0n) is 5.83. The van der Waals surface area contributed by atoms with Gasteiger partial charge < -0.3 is 5.32 Å². The molecule has 0 bridgehead atoms. The van der Waals surface area contributed by atoms with E-state index in [1.54, 1.807) is 18.7 Å². The quantitative estimate of drug-likeness (QED) is 0.571. The average Bonchev–Trinajstić information content (AvgIpc) is 2.30. The van der Waals surface area contributed by atoms with Gasteiger partial charge in [0.1, 0.15) is 0 Å². The third-order valence-electron chi connectivity index (χ3n) is 1.24. The van der Waals surface area contributed by atoms with Gasteiger partial charge in [0.25, 0.3) is 0 Å². The van der Waals surface area contributed by atoms with Gasteiger partial charge in [0.2, 0.25) is 5.95 Å². The van der Waals surface area contributed by atoms with Crippen molar-refractivity contribution in [2.75, 3.05) is 12.4 Å². The largest absolute Gasteiger partial charge is 0.357 e. The summed E-state index contributed by atoms with van der Waals surface area (Å²) in [6.07, 6.45) is 0.661. The molecule has 0 aromatic carbocycles. The Balaban J connectivity index is 3.08. The standard InChI is InChI=1S/C5H8N4O/c1-6-5-8-7-4(3-10)9(5)2/h3H,1-2H3,(H,6,8). The predicted molar refractivity (Wildman–Crippen MR) is 35.9 cm³/mol. The number of carbonyl (C=O) groups excluding carboxylic acids is 1. The third kappa shape index (κ3) is 0.854. The van der Waals surface area contributed by atoms with Crippen LogP contribution in [-0.4, -0.2) is 28.1 Å². The first-order valence-corrected chi connectivity index (χ1v) is 2.82. The fourth-order valence-electron chi connectivity index (χ4n) is 0.662. The molecule has 1 aromatic rings. The summed E-state index contributed by atoms with van der Waals surface area (Å²) in [6, 6.07) is 0. The van der Waals surface area contributed by atoms with Crippen LogP contribution < -0.4 is 5.32 Å². The van der Waals surface area contributed by atoms with Crippen LogP contribution in [0.4, 0.5) is 5.95 Å². The molecule has 54 valence electrons. The molecule has 1 N–H and O–H groups in total. The van der Waals surface area contributed by atoms with E-state index in [1.165, 1.54) is 0 Å². The van der Waals surface area contributed by atoms with E-state index in [0.717, 1.165) is 0 Å². The van der Waals surface area contributed by atoms with Crippen LogP contribution in [0.3, 0.4) is 0 Å². The number of carbonyl (C=O) groups is 1. The van der Waals surface area contributed by atoms with Crippen molar-refractivity contribution >= 4 is 12.2 Å². The van der Waals surface area contributed by atoms with Gasteiger partial charge >= 0.3 is 0 Å². The molecule has 1 heterocycles. The second-order valence-electron chi connectivity index (χ2n) is 1.81. The van der Waals surface area contributed by atoms with Crippen molar-refractivity contribution in [3.8, 4) is 0 Å². The molecule has 0 amide bonds. The molecule has 1 rings (SSSR count). The monoisotopic (exact) mass is 140 g/mol. The number of aromatic nitrogens is 3. The molecule has 0 unspecified atom stereocenters. The van der Waals surface area contributed by atoms with Gasteiger partial charge in [-0.2, -0.15) is 0 Å². The van der Waals surface area contributed by atoms with Crippen LogP contribution in [0.1, 0.15) is 10.6 Å². The second-order valence-corrected chi connectivity index (χ2v) is 1.81. The summed E-state index contributed by atoms with van der Waals surface area (Å²) < 4.78 is 1.58. The highest BCUT2D eigenvalue weighted by Crippen LogP contribution is 1.99. The summed E-state index contributed by atoms with van der Waals surface area (Å²) in [5.41, 5.74) is 0. The molecule has 0 saturated heterocycles. The Morgan fingerprint density at radius 3 is 2.60 bits per heavy atom. The van der Waals surface area contributed by atoms with Gasteiger partial charge in [-0.25, -0.2) is 0 Å². The van der Waals surface area contributed by atoms with E-state index in [2.05, 4.69) is 15.5 Å². The average molecular weight is 140 g/mol. The van der Waals surface area contributed by atoms with Gasteiger partial charge in [-0.15, -0.1) is 10.2 Å². The topological polar surface area (TPSA) is 59.8 Å². The number of nitrogens with zero attached hydrogens (tertiary/aromatic N) is 3. The fourth-order valence-corrected chi connectivity index (χ4v) is 0.662. The zero-order valence-corrected chi connectivity index (χ0v) is 5.83. The van der Waals surface area contributed by atoms with Gasteiger partial charge in [0.05, 0.1) is 0 Å². The first-order valence-electron chi connectivity index (χ1n) is 2.82. The second kappa shape index (κ2) is 2.47. The third-order valence-corrected chi connectivity index (χ3v) is 1.24. The molecule has 0 fully saturated rings. The van der Waals surface area contributed by atoms with Gasteiger partial charge in [0, 0.05) is 14.1 Å². The molecule has 0 aliphatic heterocycles. The van der Waals surface area contributed by atoms with Gasteiger partial charge in [-0.3, -0.25) is 9.36 Å². The van der Waals surface area contributed by atoms with E-state index < -0.39 is 0 Å². The normalized spacial score (nSPS) is 9.40. The van der Waals surface area contributed by atoms with Crippen LogP contribution in [0.25, 0.3) is 0 Å². The Morgan fingerprint density at radius 1 is 1.60 bits per heavy atom. The smallest absolute Gasteiger partial charge is 0.224 e. The Labute approximate surface area is 58.1 Å². The molecule has 1 aromatic heterocycles. The van der Waals surface area contributed by atoms with E-state index in [9.17, 15) is 4.79 Å². The minimum Gasteiger partial charge on any atom is -0.357 e. The SMILES string of the molecule is CNc1nnc(C=O)n1C. The van der Waals surface area contributed by atoms with Gasteiger partial charge in [-0.05, 0) is 0 Å². The summed E-state index contributed by atoms with van der Waals surface area (Å²) in [5, 5.41) is 10.0. The van der Waals surface area contributed by atoms with E-state index in [1.807, 2.05) is 0 Å². The zero-order chi connectivity index (χ0) is 7.56. The highest BCUT2D eigenvalue weighted by Gasteiger charge is 2.03. The van der Waals surface area contributed by atoms with Crippen LogP contribution in [0.2, 0.25) is 0 Å². The van der Waals surface area contributed by atoms with Crippen molar-refractivity contribution in [3.63, 3.8) is 0 Å². The van der Waals surface area contributed by atoms with Gasteiger partial charge in [-0.1, -0.05) is 0 Å². The molecule has 0 saturated carbocycles. The summed E-state index contributed by atoms with van der Waals surface area (Å²) >= 11 is 0. The van der Waals surface area contributed by atoms with E-state index in [-0.39, 0.29) is 0 Å². The minimum atomic E-state index is 0.323. The molecule has 0 spiro atoms. The Morgan fingerprint density at radius 2 is 2.30 bits per heavy atom. The van der Waals surface area contributed by atoms with Crippen molar-refractivity contribution in [2.24, 2.45) is 7.05 Å². The number of anilines is 1. The highest BCUT2D eigenvalue weighted by atomic mass is 16.1. The maximum absolute atomic E-state index is 10.2. The predicted octanol–water partition coefficient (Wildman–Crippen LogP) is -0.331. The first kappa shape index (κ1) is 6.73. The lowest BCUT2D eigenvalue weighted by molar-refractivity contribution is 0.111. The number of hydrogen-bond donors (Lipinski definition) is 1. The van der Waals surface area contributed by atoms with Gasteiger partial charge in [0.15, 0.2) is 12.1 Å². The van der Waals surface area contributed by atoms with Crippen LogP contribution >= 0.6 is 0 Å². The van der Waals surface area contributed by atoms with Crippen molar-refractivity contribution in [2.45, 2.75) is 0 Å². The number of nitrogens with one attached hydrogen (secondary N) is 1. The molecule has 0 atom stereocenters. The molecule has 10 heavy (non-hydrogen) atoms. The summed E-state index contributed by atoms with van der Waals surface area (Å²) in [7, 11) is 3.44. The van der Waals surface area contributed by atoms with Crippen LogP contribution in [-0.2, 0) is 7.05 Å². The Kier molecular flexibility index (Phi) is 1.66. The molecular formula is C5H8N4O. The highest BCUT2D eigenvalue weighted by molar-refractivity contribution is 5.69. The van der Waals surface area contributed by atoms with E-state index >= 15 is 0 Å². The van der Waals surface area contributed by atoms with Crippen molar-refractivity contribution in [1.29, 1.82) is 0 Å².